The molecule has 0 unspecified atom stereocenters. The van der Waals surface area contributed by atoms with Crippen molar-refractivity contribution in [2.75, 3.05) is 56.3 Å². The van der Waals surface area contributed by atoms with E-state index in [0.29, 0.717) is 13.0 Å². The first-order valence-electron chi connectivity index (χ1n) is 11.4. The van der Waals surface area contributed by atoms with E-state index in [-0.39, 0.29) is 5.91 Å². The summed E-state index contributed by atoms with van der Waals surface area (Å²) in [5.41, 5.74) is 2.23. The molecular formula is C25H31N3O2S3. The summed E-state index contributed by atoms with van der Waals surface area (Å²) < 4.78 is 6.61. The van der Waals surface area contributed by atoms with Crippen LogP contribution in [0.3, 0.4) is 0 Å². The van der Waals surface area contributed by atoms with Gasteiger partial charge in [-0.1, -0.05) is 29.0 Å². The first-order chi connectivity index (χ1) is 16.1. The van der Waals surface area contributed by atoms with Crippen LogP contribution in [0.1, 0.15) is 18.4 Å². The summed E-state index contributed by atoms with van der Waals surface area (Å²) in [4.78, 5) is 24.9. The van der Waals surface area contributed by atoms with E-state index in [0.717, 1.165) is 60.4 Å². The molecule has 0 atom stereocenters. The molecule has 1 saturated heterocycles. The van der Waals surface area contributed by atoms with E-state index in [1.807, 2.05) is 16.7 Å². The van der Waals surface area contributed by atoms with Crippen LogP contribution in [0.15, 0.2) is 52.3 Å². The summed E-state index contributed by atoms with van der Waals surface area (Å²) >= 11 is 5.16. The second-order valence-electron chi connectivity index (χ2n) is 8.09. The number of hydrogen-bond acceptors (Lipinski definition) is 7. The molecule has 5 nitrogen and oxygen atoms in total. The molecule has 1 amide bonds. The normalized spacial score (nSPS) is 14.6. The predicted octanol–water partition coefficient (Wildman–Crippen LogP) is 5.56. The zero-order chi connectivity index (χ0) is 23.0. The highest BCUT2D eigenvalue weighted by atomic mass is 32.2. The van der Waals surface area contributed by atoms with Crippen molar-refractivity contribution in [3.05, 3.63) is 48.0 Å². The van der Waals surface area contributed by atoms with Gasteiger partial charge in [0.25, 0.3) is 0 Å². The Morgan fingerprint density at radius 1 is 1.15 bits per heavy atom. The molecule has 4 rings (SSSR count). The standard InChI is InChI=1S/C25H31N3O2S3/c1-19-5-7-20(8-6-19)32-17-3-4-24(29)28(12-11-27-13-15-30-16-14-27)25-26-22-10-9-21(31-2)18-23(22)33-25/h5-10,18H,3-4,11-17H2,1-2H3. The van der Waals surface area contributed by atoms with Gasteiger partial charge in [-0.25, -0.2) is 4.98 Å². The zero-order valence-corrected chi connectivity index (χ0v) is 21.7. The van der Waals surface area contributed by atoms with Crippen molar-refractivity contribution in [1.29, 1.82) is 0 Å². The Labute approximate surface area is 208 Å². The van der Waals surface area contributed by atoms with Gasteiger partial charge in [0, 0.05) is 42.4 Å². The number of aromatic nitrogens is 1. The fourth-order valence-corrected chi connectivity index (χ4v) is 6.13. The fourth-order valence-electron chi connectivity index (χ4n) is 3.71. The first kappa shape index (κ1) is 24.5. The summed E-state index contributed by atoms with van der Waals surface area (Å²) in [6.07, 6.45) is 3.47. The summed E-state index contributed by atoms with van der Waals surface area (Å²) in [5, 5.41) is 0.813. The Bertz CT molecular complexity index is 1050. The lowest BCUT2D eigenvalue weighted by Gasteiger charge is -2.29. The van der Waals surface area contributed by atoms with Crippen LogP contribution >= 0.6 is 34.9 Å². The Balaban J connectivity index is 1.41. The molecule has 33 heavy (non-hydrogen) atoms. The Hall–Kier alpha value is -1.58. The molecule has 8 heteroatoms. The molecule has 2 aromatic carbocycles. The van der Waals surface area contributed by atoms with E-state index < -0.39 is 0 Å². The number of ether oxygens (including phenoxy) is 1. The monoisotopic (exact) mass is 501 g/mol. The van der Waals surface area contributed by atoms with E-state index >= 15 is 0 Å². The molecule has 1 aromatic heterocycles. The number of carbonyl (C=O) groups excluding carboxylic acids is 1. The quantitative estimate of drug-likeness (QED) is 0.268. The fraction of sp³-hybridized carbons (Fsp3) is 0.440. The van der Waals surface area contributed by atoms with E-state index in [1.165, 1.54) is 15.4 Å². The maximum absolute atomic E-state index is 13.3. The SMILES string of the molecule is CSc1ccc2nc(N(CCN3CCOCC3)C(=O)CCCSc3ccc(C)cc3)sc2c1. The van der Waals surface area contributed by atoms with Crippen LogP contribution < -0.4 is 4.90 Å². The van der Waals surface area contributed by atoms with Crippen molar-refractivity contribution in [3.63, 3.8) is 0 Å². The first-order valence-corrected chi connectivity index (χ1v) is 14.4. The van der Waals surface area contributed by atoms with Crippen LogP contribution in [-0.2, 0) is 9.53 Å². The van der Waals surface area contributed by atoms with Crippen LogP contribution in [0.2, 0.25) is 0 Å². The number of amides is 1. The van der Waals surface area contributed by atoms with Crippen LogP contribution in [0, 0.1) is 6.92 Å². The molecule has 0 spiro atoms. The number of nitrogens with zero attached hydrogens (tertiary/aromatic N) is 3. The van der Waals surface area contributed by atoms with Crippen molar-refractivity contribution in [2.24, 2.45) is 0 Å². The average Bonchev–Trinajstić information content (AvgIpc) is 3.26. The summed E-state index contributed by atoms with van der Waals surface area (Å²) in [7, 11) is 0. The molecule has 0 bridgehead atoms. The van der Waals surface area contributed by atoms with Gasteiger partial charge in [-0.2, -0.15) is 0 Å². The van der Waals surface area contributed by atoms with Crippen molar-refractivity contribution in [1.82, 2.24) is 9.88 Å². The molecule has 3 aromatic rings. The van der Waals surface area contributed by atoms with Gasteiger partial charge < -0.3 is 4.74 Å². The number of benzene rings is 2. The summed E-state index contributed by atoms with van der Waals surface area (Å²) in [6, 6.07) is 14.9. The number of anilines is 1. The van der Waals surface area contributed by atoms with E-state index in [4.69, 9.17) is 9.72 Å². The lowest BCUT2D eigenvalue weighted by molar-refractivity contribution is -0.118. The van der Waals surface area contributed by atoms with Crippen molar-refractivity contribution in [3.8, 4) is 0 Å². The molecule has 1 aliphatic rings. The largest absolute Gasteiger partial charge is 0.379 e. The zero-order valence-electron chi connectivity index (χ0n) is 19.3. The maximum Gasteiger partial charge on any atom is 0.228 e. The topological polar surface area (TPSA) is 45.7 Å². The van der Waals surface area contributed by atoms with Crippen molar-refractivity contribution in [2.45, 2.75) is 29.6 Å². The van der Waals surface area contributed by atoms with Crippen molar-refractivity contribution >= 4 is 56.1 Å². The van der Waals surface area contributed by atoms with Crippen LogP contribution in [0.5, 0.6) is 0 Å². The van der Waals surface area contributed by atoms with Crippen LogP contribution in [0.4, 0.5) is 5.13 Å². The number of rotatable bonds is 10. The third-order valence-corrected chi connectivity index (χ3v) is 8.55. The molecular weight excluding hydrogens is 470 g/mol. The number of thioether (sulfide) groups is 2. The molecule has 0 radical (unpaired) electrons. The highest BCUT2D eigenvalue weighted by Crippen LogP contribution is 2.32. The third kappa shape index (κ3) is 6.96. The van der Waals surface area contributed by atoms with Crippen LogP contribution in [0.25, 0.3) is 10.2 Å². The number of aryl methyl sites for hydroxylation is 1. The predicted molar refractivity (Wildman–Crippen MR) is 142 cm³/mol. The maximum atomic E-state index is 13.3. The van der Waals surface area contributed by atoms with Gasteiger partial charge in [0.15, 0.2) is 5.13 Å². The van der Waals surface area contributed by atoms with E-state index in [2.05, 4.69) is 60.5 Å². The molecule has 0 aliphatic carbocycles. The second kappa shape index (κ2) is 12.2. The molecule has 0 N–H and O–H groups in total. The van der Waals surface area contributed by atoms with Gasteiger partial charge in [0.05, 0.1) is 23.4 Å². The Morgan fingerprint density at radius 2 is 1.91 bits per heavy atom. The minimum Gasteiger partial charge on any atom is -0.379 e. The van der Waals surface area contributed by atoms with Gasteiger partial charge >= 0.3 is 0 Å². The van der Waals surface area contributed by atoms with Gasteiger partial charge in [0.1, 0.15) is 0 Å². The van der Waals surface area contributed by atoms with E-state index in [9.17, 15) is 4.79 Å². The lowest BCUT2D eigenvalue weighted by atomic mass is 10.2. The summed E-state index contributed by atoms with van der Waals surface area (Å²) in [6.45, 7) is 6.99. The van der Waals surface area contributed by atoms with Crippen molar-refractivity contribution < 1.29 is 9.53 Å². The lowest BCUT2D eigenvalue weighted by Crippen LogP contribution is -2.43. The molecule has 1 fully saturated rings. The number of morpholine rings is 1. The Morgan fingerprint density at radius 3 is 2.67 bits per heavy atom. The number of carbonyl (C=O) groups is 1. The second-order valence-corrected chi connectivity index (χ2v) is 11.2. The molecule has 2 heterocycles. The number of hydrogen-bond donors (Lipinski definition) is 0. The van der Waals surface area contributed by atoms with Gasteiger partial charge in [0.2, 0.25) is 5.91 Å². The highest BCUT2D eigenvalue weighted by molar-refractivity contribution is 7.99. The smallest absolute Gasteiger partial charge is 0.228 e. The highest BCUT2D eigenvalue weighted by Gasteiger charge is 2.21. The van der Waals surface area contributed by atoms with Crippen LogP contribution in [-0.4, -0.2) is 67.2 Å². The van der Waals surface area contributed by atoms with Gasteiger partial charge in [-0.15, -0.1) is 23.5 Å². The minimum absolute atomic E-state index is 0.164. The number of fused-ring (bicyclic) bond motifs is 1. The minimum atomic E-state index is 0.164. The third-order valence-electron chi connectivity index (χ3n) is 5.68. The van der Waals surface area contributed by atoms with Gasteiger partial charge in [-0.05, 0) is 55.7 Å². The Kier molecular flexibility index (Phi) is 9.09. The van der Waals surface area contributed by atoms with Gasteiger partial charge in [-0.3, -0.25) is 14.6 Å². The molecule has 1 aliphatic heterocycles. The number of thiazole rings is 1. The van der Waals surface area contributed by atoms with E-state index in [1.54, 1.807) is 23.1 Å². The molecule has 0 saturated carbocycles. The summed E-state index contributed by atoms with van der Waals surface area (Å²) in [5.74, 6) is 1.10. The average molecular weight is 502 g/mol. The molecule has 176 valence electrons.